The number of methoxy groups -OCH3 is 1. The van der Waals surface area contributed by atoms with E-state index in [4.69, 9.17) is 4.74 Å². The molecule has 0 saturated carbocycles. The normalized spacial score (nSPS) is 16.5. The summed E-state index contributed by atoms with van der Waals surface area (Å²) in [6.07, 6.45) is 1.94. The zero-order chi connectivity index (χ0) is 22.1. The molecule has 10 nitrogen and oxygen atoms in total. The van der Waals surface area contributed by atoms with E-state index in [0.717, 1.165) is 5.56 Å². The first-order valence-electron chi connectivity index (χ1n) is 10.1. The van der Waals surface area contributed by atoms with Crippen molar-refractivity contribution in [3.63, 3.8) is 0 Å². The molecule has 1 atom stereocenters. The van der Waals surface area contributed by atoms with Crippen LogP contribution in [-0.4, -0.2) is 55.7 Å². The van der Waals surface area contributed by atoms with Crippen LogP contribution in [0.15, 0.2) is 24.3 Å². The smallest absolute Gasteiger partial charge is 0.308 e. The maximum absolute atomic E-state index is 11.9. The molecule has 11 heteroatoms. The molecular formula is C20H23N5O5S. The fraction of sp³-hybridized carbons (Fsp3) is 0.450. The summed E-state index contributed by atoms with van der Waals surface area (Å²) in [5.74, 6) is 0.312. The number of fused-ring (bicyclic) bond motifs is 1. The van der Waals surface area contributed by atoms with Crippen molar-refractivity contribution in [2.75, 3.05) is 20.2 Å². The van der Waals surface area contributed by atoms with Gasteiger partial charge >= 0.3 is 5.97 Å². The van der Waals surface area contributed by atoms with Crippen LogP contribution in [0.5, 0.6) is 5.88 Å². The van der Waals surface area contributed by atoms with Crippen molar-refractivity contribution in [2.45, 2.75) is 32.2 Å². The summed E-state index contributed by atoms with van der Waals surface area (Å²) in [5.41, 5.74) is 0.823. The van der Waals surface area contributed by atoms with Crippen LogP contribution in [0.1, 0.15) is 42.1 Å². The molecule has 1 saturated heterocycles. The summed E-state index contributed by atoms with van der Waals surface area (Å²) < 4.78 is 6.32. The highest BCUT2D eigenvalue weighted by Crippen LogP contribution is 2.41. The molecule has 0 aliphatic carbocycles. The third-order valence-electron chi connectivity index (χ3n) is 5.66. The van der Waals surface area contributed by atoms with E-state index in [0.29, 0.717) is 48.0 Å². The summed E-state index contributed by atoms with van der Waals surface area (Å²) in [4.78, 5) is 30.5. The van der Waals surface area contributed by atoms with Crippen LogP contribution in [0.25, 0.3) is 4.96 Å². The lowest BCUT2D eigenvalue weighted by molar-refractivity contribution is -0.384. The van der Waals surface area contributed by atoms with Gasteiger partial charge in [0.05, 0.1) is 28.9 Å². The molecule has 0 spiro atoms. The highest BCUT2D eigenvalue weighted by atomic mass is 32.1. The quantitative estimate of drug-likeness (QED) is 0.349. The molecule has 1 N–H and O–H groups in total. The van der Waals surface area contributed by atoms with Gasteiger partial charge < -0.3 is 9.84 Å². The second kappa shape index (κ2) is 8.60. The molecule has 1 aromatic carbocycles. The second-order valence-corrected chi connectivity index (χ2v) is 8.46. The molecule has 164 valence electrons. The number of likely N-dealkylation sites (tertiary alicyclic amines) is 1. The number of aromatic nitrogens is 3. The topological polar surface area (TPSA) is 123 Å². The average Bonchev–Trinajstić information content (AvgIpc) is 3.33. The number of benzene rings is 1. The Balaban J connectivity index is 1.71. The van der Waals surface area contributed by atoms with Crippen LogP contribution in [0.4, 0.5) is 5.69 Å². The van der Waals surface area contributed by atoms with Gasteiger partial charge in [0.1, 0.15) is 0 Å². The van der Waals surface area contributed by atoms with Gasteiger partial charge in [0.15, 0.2) is 5.82 Å². The van der Waals surface area contributed by atoms with Crippen LogP contribution in [0, 0.1) is 16.0 Å². The van der Waals surface area contributed by atoms with E-state index in [1.165, 1.54) is 35.1 Å². The monoisotopic (exact) mass is 445 g/mol. The molecule has 1 aliphatic heterocycles. The molecule has 1 fully saturated rings. The molecule has 2 aromatic heterocycles. The number of non-ortho nitro benzene ring substituents is 1. The first-order chi connectivity index (χ1) is 14.9. The molecule has 0 unspecified atom stereocenters. The Morgan fingerprint density at radius 3 is 2.58 bits per heavy atom. The van der Waals surface area contributed by atoms with Gasteiger partial charge in [-0.05, 0) is 31.5 Å². The number of rotatable bonds is 6. The number of aryl methyl sites for hydroxylation is 1. The maximum atomic E-state index is 11.9. The average molecular weight is 446 g/mol. The van der Waals surface area contributed by atoms with Gasteiger partial charge in [0.25, 0.3) is 5.69 Å². The molecular weight excluding hydrogens is 422 g/mol. The zero-order valence-corrected chi connectivity index (χ0v) is 18.0. The number of thiazole rings is 1. The Kier molecular flexibility index (Phi) is 5.88. The van der Waals surface area contributed by atoms with Gasteiger partial charge in [0, 0.05) is 18.6 Å². The Morgan fingerprint density at radius 1 is 1.35 bits per heavy atom. The lowest BCUT2D eigenvalue weighted by Gasteiger charge is -2.36. The first-order valence-corrected chi connectivity index (χ1v) is 10.9. The maximum Gasteiger partial charge on any atom is 0.308 e. The summed E-state index contributed by atoms with van der Waals surface area (Å²) in [6.45, 7) is 3.19. The van der Waals surface area contributed by atoms with Crippen molar-refractivity contribution in [3.8, 4) is 5.88 Å². The van der Waals surface area contributed by atoms with Crippen molar-refractivity contribution in [1.29, 1.82) is 0 Å². The Bertz CT molecular complexity index is 1100. The first kappa shape index (κ1) is 21.2. The highest BCUT2D eigenvalue weighted by molar-refractivity contribution is 7.17. The van der Waals surface area contributed by atoms with Crippen molar-refractivity contribution in [1.82, 2.24) is 19.5 Å². The van der Waals surface area contributed by atoms with Gasteiger partial charge in [-0.3, -0.25) is 19.8 Å². The number of hydrogen-bond acceptors (Lipinski definition) is 9. The van der Waals surface area contributed by atoms with Crippen molar-refractivity contribution >= 4 is 28.0 Å². The van der Waals surface area contributed by atoms with Gasteiger partial charge in [-0.2, -0.15) is 4.52 Å². The lowest BCUT2D eigenvalue weighted by Crippen LogP contribution is -2.39. The molecule has 3 aromatic rings. The van der Waals surface area contributed by atoms with E-state index >= 15 is 0 Å². The van der Waals surface area contributed by atoms with E-state index in [-0.39, 0.29) is 29.5 Å². The van der Waals surface area contributed by atoms with Crippen LogP contribution in [0.2, 0.25) is 0 Å². The molecule has 0 amide bonds. The SMILES string of the molecule is CCc1nc2sc([C@@H](c3ccc([N+](=O)[O-])cc3)N3CCC(C(=O)OC)CC3)c(O)n2n1. The molecule has 31 heavy (non-hydrogen) atoms. The Labute approximate surface area is 182 Å². The third-order valence-corrected chi connectivity index (χ3v) is 6.73. The Hall–Kier alpha value is -3.05. The molecule has 1 aliphatic rings. The van der Waals surface area contributed by atoms with Crippen molar-refractivity contribution in [2.24, 2.45) is 5.92 Å². The minimum absolute atomic E-state index is 0.00589. The standard InChI is InChI=1S/C20H23N5O5S/c1-3-15-21-20-24(22-15)18(26)17(31-20)16(12-4-6-14(7-5-12)25(28)29)23-10-8-13(9-11-23)19(27)30-2/h4-7,13,16,26H,3,8-11H2,1-2H3/t16-/m1/s1. The number of piperidine rings is 1. The lowest BCUT2D eigenvalue weighted by atomic mass is 9.93. The number of carbonyl (C=O) groups is 1. The summed E-state index contributed by atoms with van der Waals surface area (Å²) in [5, 5.41) is 26.4. The molecule has 4 rings (SSSR count). The predicted molar refractivity (Wildman–Crippen MR) is 113 cm³/mol. The van der Waals surface area contributed by atoms with Crippen LogP contribution in [-0.2, 0) is 16.0 Å². The van der Waals surface area contributed by atoms with E-state index in [1.54, 1.807) is 12.1 Å². The van der Waals surface area contributed by atoms with Crippen LogP contribution < -0.4 is 0 Å². The zero-order valence-electron chi connectivity index (χ0n) is 17.2. The van der Waals surface area contributed by atoms with Gasteiger partial charge in [-0.15, -0.1) is 5.10 Å². The van der Waals surface area contributed by atoms with Crippen LogP contribution >= 0.6 is 11.3 Å². The number of hydrogen-bond donors (Lipinski definition) is 1. The largest absolute Gasteiger partial charge is 0.492 e. The fourth-order valence-electron chi connectivity index (χ4n) is 3.98. The molecule has 3 heterocycles. The van der Waals surface area contributed by atoms with E-state index in [1.807, 2.05) is 6.92 Å². The second-order valence-electron chi connectivity index (χ2n) is 7.45. The fourth-order valence-corrected chi connectivity index (χ4v) is 5.12. The highest BCUT2D eigenvalue weighted by Gasteiger charge is 2.34. The molecule has 0 bridgehead atoms. The number of esters is 1. The summed E-state index contributed by atoms with van der Waals surface area (Å²) in [6, 6.07) is 6.02. The third kappa shape index (κ3) is 3.98. The number of aromatic hydroxyl groups is 1. The minimum Gasteiger partial charge on any atom is -0.492 e. The molecule has 0 radical (unpaired) electrons. The van der Waals surface area contributed by atoms with Crippen LogP contribution in [0.3, 0.4) is 0 Å². The van der Waals surface area contributed by atoms with Crippen molar-refractivity contribution in [3.05, 3.63) is 50.6 Å². The number of carbonyl (C=O) groups excluding carboxylic acids is 1. The van der Waals surface area contributed by atoms with E-state index < -0.39 is 4.92 Å². The number of nitrogens with zero attached hydrogens (tertiary/aromatic N) is 5. The van der Waals surface area contributed by atoms with Gasteiger partial charge in [-0.25, -0.2) is 4.98 Å². The number of nitro benzene ring substituents is 1. The number of ether oxygens (including phenoxy) is 1. The van der Waals surface area contributed by atoms with E-state index in [2.05, 4.69) is 15.0 Å². The summed E-state index contributed by atoms with van der Waals surface area (Å²) in [7, 11) is 1.39. The number of nitro groups is 1. The summed E-state index contributed by atoms with van der Waals surface area (Å²) >= 11 is 1.35. The van der Waals surface area contributed by atoms with Gasteiger partial charge in [-0.1, -0.05) is 30.4 Å². The van der Waals surface area contributed by atoms with Crippen molar-refractivity contribution < 1.29 is 19.6 Å². The van der Waals surface area contributed by atoms with E-state index in [9.17, 15) is 20.0 Å². The minimum atomic E-state index is -0.437. The van der Waals surface area contributed by atoms with Gasteiger partial charge in [0.2, 0.25) is 10.8 Å². The Morgan fingerprint density at radius 2 is 2.03 bits per heavy atom. The predicted octanol–water partition coefficient (Wildman–Crippen LogP) is 2.94.